The highest BCUT2D eigenvalue weighted by Crippen LogP contribution is 2.44. The average molecular weight is 604 g/mol. The van der Waals surface area contributed by atoms with E-state index >= 15 is 0 Å². The van der Waals surface area contributed by atoms with Gasteiger partial charge in [0.05, 0.1) is 0 Å². The standard InChI is InChI=1S/C37H57N5O2/c1-13-28-17-33(18-29(35(28)43)23-40(7)8)37(2,32-15-26(21-38(3)4)14-27(16-32)22-39(5)6)34-19-30(24-41(9)10)36(44)31(20-34)25-42(11)12/h14-20,43-44H,13,21-25H2,1-12H3. The molecule has 0 fully saturated rings. The third-order valence-electron chi connectivity index (χ3n) is 8.16. The maximum Gasteiger partial charge on any atom is 0.124 e. The number of nitrogens with zero attached hydrogens (tertiary/aromatic N) is 5. The summed E-state index contributed by atoms with van der Waals surface area (Å²) in [4.78, 5) is 10.7. The molecule has 44 heavy (non-hydrogen) atoms. The topological polar surface area (TPSA) is 56.7 Å². The number of hydrogen-bond acceptors (Lipinski definition) is 7. The molecule has 0 saturated heterocycles. The molecule has 1 unspecified atom stereocenters. The van der Waals surface area contributed by atoms with E-state index in [2.05, 4.69) is 109 Å². The molecule has 0 aliphatic rings. The molecular formula is C37H57N5O2. The lowest BCUT2D eigenvalue weighted by Crippen LogP contribution is -2.28. The largest absolute Gasteiger partial charge is 0.507 e. The Bertz CT molecular complexity index is 1350. The molecule has 0 bridgehead atoms. The summed E-state index contributed by atoms with van der Waals surface area (Å²) >= 11 is 0. The first-order chi connectivity index (χ1) is 20.5. The lowest BCUT2D eigenvalue weighted by atomic mass is 9.68. The zero-order valence-electron chi connectivity index (χ0n) is 29.4. The molecule has 0 aliphatic heterocycles. The molecular weight excluding hydrogens is 546 g/mol. The van der Waals surface area contributed by atoms with Gasteiger partial charge in [-0.3, -0.25) is 0 Å². The smallest absolute Gasteiger partial charge is 0.124 e. The number of hydrogen-bond donors (Lipinski definition) is 2. The molecule has 7 heteroatoms. The molecule has 7 nitrogen and oxygen atoms in total. The van der Waals surface area contributed by atoms with Crippen LogP contribution in [-0.2, 0) is 44.6 Å². The van der Waals surface area contributed by atoms with Crippen LogP contribution in [0.2, 0.25) is 0 Å². The lowest BCUT2D eigenvalue weighted by molar-refractivity contribution is 0.367. The molecule has 0 amide bonds. The van der Waals surface area contributed by atoms with Crippen molar-refractivity contribution in [1.29, 1.82) is 0 Å². The van der Waals surface area contributed by atoms with E-state index in [1.54, 1.807) is 0 Å². The Morgan fingerprint density at radius 1 is 0.455 bits per heavy atom. The number of aromatic hydroxyl groups is 2. The number of phenols is 2. The summed E-state index contributed by atoms with van der Waals surface area (Å²) in [6.07, 6.45) is 0.732. The van der Waals surface area contributed by atoms with E-state index in [1.807, 2.05) is 42.3 Å². The van der Waals surface area contributed by atoms with Crippen LogP contribution < -0.4 is 0 Å². The Kier molecular flexibility index (Phi) is 12.0. The van der Waals surface area contributed by atoms with Gasteiger partial charge in [-0.2, -0.15) is 0 Å². The Morgan fingerprint density at radius 3 is 1.07 bits per heavy atom. The van der Waals surface area contributed by atoms with Crippen LogP contribution in [0, 0.1) is 0 Å². The van der Waals surface area contributed by atoms with E-state index in [-0.39, 0.29) is 0 Å². The third-order valence-corrected chi connectivity index (χ3v) is 8.16. The zero-order valence-corrected chi connectivity index (χ0v) is 29.4. The van der Waals surface area contributed by atoms with Crippen molar-refractivity contribution >= 4 is 0 Å². The Labute approximate surface area is 267 Å². The van der Waals surface area contributed by atoms with Gasteiger partial charge in [-0.05, 0) is 135 Å². The van der Waals surface area contributed by atoms with E-state index in [0.717, 1.165) is 52.9 Å². The molecule has 0 aliphatic carbocycles. The molecule has 3 aromatic carbocycles. The molecule has 242 valence electrons. The normalized spacial score (nSPS) is 13.6. The van der Waals surface area contributed by atoms with Crippen molar-refractivity contribution in [3.8, 4) is 11.5 Å². The minimum atomic E-state index is -0.572. The van der Waals surface area contributed by atoms with Crippen molar-refractivity contribution in [2.45, 2.75) is 58.4 Å². The van der Waals surface area contributed by atoms with Crippen molar-refractivity contribution in [1.82, 2.24) is 24.5 Å². The van der Waals surface area contributed by atoms with E-state index in [9.17, 15) is 10.2 Å². The predicted molar refractivity (Wildman–Crippen MR) is 185 cm³/mol. The molecule has 3 aromatic rings. The zero-order chi connectivity index (χ0) is 32.9. The molecule has 3 rings (SSSR count). The average Bonchev–Trinajstić information content (AvgIpc) is 2.89. The maximum atomic E-state index is 11.5. The lowest BCUT2D eigenvalue weighted by Gasteiger charge is -2.35. The van der Waals surface area contributed by atoms with E-state index in [0.29, 0.717) is 31.1 Å². The highest BCUT2D eigenvalue weighted by molar-refractivity contribution is 5.58. The fraction of sp³-hybridized carbons (Fsp3) is 0.514. The number of benzene rings is 3. The number of rotatable bonds is 14. The summed E-state index contributed by atoms with van der Waals surface area (Å²) in [7, 11) is 20.7. The number of aryl methyl sites for hydroxylation is 1. The van der Waals surface area contributed by atoms with Crippen LogP contribution in [-0.4, -0.2) is 105 Å². The predicted octanol–water partition coefficient (Wildman–Crippen LogP) is 5.32. The summed E-state index contributed by atoms with van der Waals surface area (Å²) in [5.41, 5.74) is 9.13. The van der Waals surface area contributed by atoms with E-state index < -0.39 is 5.41 Å². The van der Waals surface area contributed by atoms with Gasteiger partial charge >= 0.3 is 0 Å². The molecule has 2 N–H and O–H groups in total. The summed E-state index contributed by atoms with van der Waals surface area (Å²) in [6, 6.07) is 15.8. The SMILES string of the molecule is CCc1cc(C(C)(c2cc(CN(C)C)cc(CN(C)C)c2)c2cc(CN(C)C)c(O)c(CN(C)C)c2)cc(CN(C)C)c1O. The summed E-state index contributed by atoms with van der Waals surface area (Å²) < 4.78 is 0. The van der Waals surface area contributed by atoms with Gasteiger partial charge in [-0.15, -0.1) is 0 Å². The fourth-order valence-electron chi connectivity index (χ4n) is 6.21. The van der Waals surface area contributed by atoms with Gasteiger partial charge in [-0.25, -0.2) is 0 Å². The summed E-state index contributed by atoms with van der Waals surface area (Å²) in [5, 5.41) is 22.8. The van der Waals surface area contributed by atoms with Crippen molar-refractivity contribution < 1.29 is 10.2 Å². The monoisotopic (exact) mass is 603 g/mol. The molecule has 0 radical (unpaired) electrons. The van der Waals surface area contributed by atoms with Gasteiger partial charge in [-0.1, -0.05) is 31.2 Å². The van der Waals surface area contributed by atoms with Crippen molar-refractivity contribution in [2.75, 3.05) is 70.5 Å². The Balaban J connectivity index is 2.51. The molecule has 1 atom stereocenters. The van der Waals surface area contributed by atoms with Gasteiger partial charge in [0, 0.05) is 54.8 Å². The first kappa shape index (κ1) is 35.5. The first-order valence-electron chi connectivity index (χ1n) is 15.6. The van der Waals surface area contributed by atoms with Crippen molar-refractivity contribution in [2.24, 2.45) is 0 Å². The summed E-state index contributed by atoms with van der Waals surface area (Å²) in [6.45, 7) is 7.99. The fourth-order valence-corrected chi connectivity index (χ4v) is 6.21. The molecule has 0 saturated carbocycles. The second-order valence-corrected chi connectivity index (χ2v) is 14.0. The van der Waals surface area contributed by atoms with Gasteiger partial charge in [0.25, 0.3) is 0 Å². The second-order valence-electron chi connectivity index (χ2n) is 14.0. The van der Waals surface area contributed by atoms with Gasteiger partial charge in [0.15, 0.2) is 0 Å². The minimum Gasteiger partial charge on any atom is -0.507 e. The van der Waals surface area contributed by atoms with Gasteiger partial charge < -0.3 is 34.7 Å². The molecule has 0 spiro atoms. The summed E-state index contributed by atoms with van der Waals surface area (Å²) in [5.74, 6) is 0.746. The van der Waals surface area contributed by atoms with Gasteiger partial charge in [0.1, 0.15) is 11.5 Å². The second kappa shape index (κ2) is 14.9. The molecule has 0 aromatic heterocycles. The van der Waals surface area contributed by atoms with E-state index in [1.165, 1.54) is 16.7 Å². The highest BCUT2D eigenvalue weighted by Gasteiger charge is 2.35. The van der Waals surface area contributed by atoms with Crippen LogP contribution in [0.1, 0.15) is 63.9 Å². The van der Waals surface area contributed by atoms with E-state index in [4.69, 9.17) is 0 Å². The van der Waals surface area contributed by atoms with Crippen LogP contribution in [0.5, 0.6) is 11.5 Å². The number of phenolic OH excluding ortho intramolecular Hbond substituents is 2. The minimum absolute atomic E-state index is 0.362. The Morgan fingerprint density at radius 2 is 0.750 bits per heavy atom. The first-order valence-corrected chi connectivity index (χ1v) is 15.6. The molecule has 0 heterocycles. The third kappa shape index (κ3) is 8.61. The van der Waals surface area contributed by atoms with Crippen LogP contribution in [0.15, 0.2) is 42.5 Å². The van der Waals surface area contributed by atoms with Crippen LogP contribution in [0.4, 0.5) is 0 Å². The van der Waals surface area contributed by atoms with Crippen LogP contribution in [0.25, 0.3) is 0 Å². The van der Waals surface area contributed by atoms with Crippen LogP contribution >= 0.6 is 0 Å². The van der Waals surface area contributed by atoms with Crippen LogP contribution in [0.3, 0.4) is 0 Å². The quantitative estimate of drug-likeness (QED) is 0.242. The van der Waals surface area contributed by atoms with Gasteiger partial charge in [0.2, 0.25) is 0 Å². The Hall–Kier alpha value is -2.94. The highest BCUT2D eigenvalue weighted by atomic mass is 16.3. The maximum absolute atomic E-state index is 11.5. The van der Waals surface area contributed by atoms with Crippen molar-refractivity contribution in [3.63, 3.8) is 0 Å². The van der Waals surface area contributed by atoms with Crippen molar-refractivity contribution in [3.05, 3.63) is 92.5 Å².